The molecule has 10 nitrogen and oxygen atoms in total. The maximum Gasteiger partial charge on any atom is 0.335 e. The molecule has 98 valence electrons. The highest BCUT2D eigenvalue weighted by Gasteiger charge is 2.37. The van der Waals surface area contributed by atoms with E-state index < -0.39 is 36.4 Å². The molecular formula is C6H16N2O8. The standard InChI is InChI=1S/C6H10O8.2H3N/c7-1(3(9)5(11)12)2(8)4(10)6(13)14;;/h1-4,7-10H,(H,11,12)(H,13,14);2*1H3/t1-,2+,3+,4-;;. The highest BCUT2D eigenvalue weighted by atomic mass is 16.4. The molecule has 12 N–H and O–H groups in total. The predicted octanol–water partition coefficient (Wildman–Crippen LogP) is -3.08. The molecule has 0 heterocycles. The van der Waals surface area contributed by atoms with Crippen LogP contribution in [0, 0.1) is 0 Å². The maximum absolute atomic E-state index is 10.1. The molecule has 0 aromatic carbocycles. The lowest BCUT2D eigenvalue weighted by molar-refractivity contribution is -0.172. The SMILES string of the molecule is N.N.O=C(O)[C@@H](O)[C@H](O)[C@H](O)[C@@H](O)C(=O)O. The Labute approximate surface area is 89.9 Å². The third kappa shape index (κ3) is 4.97. The second-order valence-corrected chi connectivity index (χ2v) is 2.55. The Hall–Kier alpha value is -1.30. The summed E-state index contributed by atoms with van der Waals surface area (Å²) < 4.78 is 0. The van der Waals surface area contributed by atoms with Crippen LogP contribution in [-0.4, -0.2) is 67.0 Å². The zero-order valence-electron chi connectivity index (χ0n) is 8.22. The fraction of sp³-hybridized carbons (Fsp3) is 0.667. The van der Waals surface area contributed by atoms with Crippen LogP contribution in [0.5, 0.6) is 0 Å². The van der Waals surface area contributed by atoms with Crippen molar-refractivity contribution < 1.29 is 40.2 Å². The number of rotatable bonds is 5. The van der Waals surface area contributed by atoms with Crippen LogP contribution in [0.1, 0.15) is 0 Å². The summed E-state index contributed by atoms with van der Waals surface area (Å²) in [6.45, 7) is 0. The quantitative estimate of drug-likeness (QED) is 0.243. The summed E-state index contributed by atoms with van der Waals surface area (Å²) in [5, 5.41) is 51.5. The molecule has 0 aliphatic heterocycles. The number of aliphatic hydroxyl groups is 4. The number of carboxylic acids is 2. The molecule has 0 fully saturated rings. The van der Waals surface area contributed by atoms with Gasteiger partial charge in [-0.05, 0) is 0 Å². The summed E-state index contributed by atoms with van der Waals surface area (Å²) in [7, 11) is 0. The van der Waals surface area contributed by atoms with Crippen LogP contribution >= 0.6 is 0 Å². The molecule has 0 saturated heterocycles. The maximum atomic E-state index is 10.1. The van der Waals surface area contributed by atoms with Gasteiger partial charge in [-0.3, -0.25) is 0 Å². The number of hydrogen-bond donors (Lipinski definition) is 8. The van der Waals surface area contributed by atoms with E-state index in [2.05, 4.69) is 0 Å². The van der Waals surface area contributed by atoms with Crippen molar-refractivity contribution >= 4 is 11.9 Å². The number of hydrogen-bond acceptors (Lipinski definition) is 8. The predicted molar refractivity (Wildman–Crippen MR) is 49.3 cm³/mol. The van der Waals surface area contributed by atoms with Crippen molar-refractivity contribution in [3.8, 4) is 0 Å². The Morgan fingerprint density at radius 2 is 0.875 bits per heavy atom. The van der Waals surface area contributed by atoms with Gasteiger partial charge in [0.05, 0.1) is 0 Å². The Balaban J connectivity index is -0.000000845. The largest absolute Gasteiger partial charge is 0.479 e. The molecule has 0 saturated carbocycles. The minimum atomic E-state index is -2.36. The third-order valence-electron chi connectivity index (χ3n) is 1.50. The molecule has 0 bridgehead atoms. The molecule has 0 radical (unpaired) electrons. The van der Waals surface area contributed by atoms with Crippen molar-refractivity contribution in [2.75, 3.05) is 0 Å². The first-order valence-corrected chi connectivity index (χ1v) is 3.47. The molecular weight excluding hydrogens is 228 g/mol. The first-order valence-electron chi connectivity index (χ1n) is 3.47. The van der Waals surface area contributed by atoms with E-state index in [1.807, 2.05) is 0 Å². The Kier molecular flexibility index (Phi) is 9.98. The summed E-state index contributed by atoms with van der Waals surface area (Å²) >= 11 is 0. The molecule has 0 rings (SSSR count). The van der Waals surface area contributed by atoms with Crippen LogP contribution in [0.15, 0.2) is 0 Å². The number of aliphatic carboxylic acids is 2. The van der Waals surface area contributed by atoms with Gasteiger partial charge >= 0.3 is 11.9 Å². The second kappa shape index (κ2) is 7.92. The summed E-state index contributed by atoms with van der Waals surface area (Å²) in [6, 6.07) is 0. The molecule has 16 heavy (non-hydrogen) atoms. The van der Waals surface area contributed by atoms with Crippen molar-refractivity contribution in [3.63, 3.8) is 0 Å². The van der Waals surface area contributed by atoms with E-state index >= 15 is 0 Å². The number of carboxylic acid groups (broad SMARTS) is 2. The third-order valence-corrected chi connectivity index (χ3v) is 1.50. The molecule has 10 heteroatoms. The number of aliphatic hydroxyl groups excluding tert-OH is 4. The first kappa shape index (κ1) is 20.2. The van der Waals surface area contributed by atoms with Gasteiger partial charge in [0.15, 0.2) is 12.2 Å². The van der Waals surface area contributed by atoms with Crippen LogP contribution in [0.3, 0.4) is 0 Å². The van der Waals surface area contributed by atoms with E-state index in [9.17, 15) is 9.59 Å². The molecule has 0 aliphatic carbocycles. The fourth-order valence-electron chi connectivity index (χ4n) is 0.666. The lowest BCUT2D eigenvalue weighted by Crippen LogP contribution is -2.49. The van der Waals surface area contributed by atoms with Crippen molar-refractivity contribution in [1.82, 2.24) is 12.3 Å². The molecule has 0 aromatic rings. The van der Waals surface area contributed by atoms with Crippen molar-refractivity contribution in [2.45, 2.75) is 24.4 Å². The zero-order chi connectivity index (χ0) is 11.5. The van der Waals surface area contributed by atoms with Gasteiger partial charge in [0.1, 0.15) is 12.2 Å². The molecule has 0 aliphatic rings. The van der Waals surface area contributed by atoms with Gasteiger partial charge in [-0.1, -0.05) is 0 Å². The van der Waals surface area contributed by atoms with Gasteiger partial charge in [-0.15, -0.1) is 0 Å². The lowest BCUT2D eigenvalue weighted by atomic mass is 10.0. The zero-order valence-corrected chi connectivity index (χ0v) is 8.22. The summed E-state index contributed by atoms with van der Waals surface area (Å²) in [5.74, 6) is -3.68. The van der Waals surface area contributed by atoms with Crippen LogP contribution in [-0.2, 0) is 9.59 Å². The molecule has 4 atom stereocenters. The van der Waals surface area contributed by atoms with E-state index in [1.54, 1.807) is 0 Å². The van der Waals surface area contributed by atoms with Crippen LogP contribution < -0.4 is 12.3 Å². The smallest absolute Gasteiger partial charge is 0.335 e. The van der Waals surface area contributed by atoms with Crippen molar-refractivity contribution in [2.24, 2.45) is 0 Å². The van der Waals surface area contributed by atoms with Gasteiger partial charge in [-0.25, -0.2) is 9.59 Å². The van der Waals surface area contributed by atoms with Gasteiger partial charge in [-0.2, -0.15) is 0 Å². The van der Waals surface area contributed by atoms with Crippen LogP contribution in [0.4, 0.5) is 0 Å². The first-order chi connectivity index (χ1) is 6.29. The van der Waals surface area contributed by atoms with Crippen LogP contribution in [0.25, 0.3) is 0 Å². The highest BCUT2D eigenvalue weighted by Crippen LogP contribution is 2.05. The van der Waals surface area contributed by atoms with E-state index in [0.29, 0.717) is 0 Å². The second-order valence-electron chi connectivity index (χ2n) is 2.55. The van der Waals surface area contributed by atoms with Gasteiger partial charge in [0.2, 0.25) is 0 Å². The van der Waals surface area contributed by atoms with Gasteiger partial charge in [0, 0.05) is 0 Å². The van der Waals surface area contributed by atoms with E-state index in [4.69, 9.17) is 30.6 Å². The van der Waals surface area contributed by atoms with E-state index in [1.165, 1.54) is 0 Å². The van der Waals surface area contributed by atoms with Gasteiger partial charge < -0.3 is 42.9 Å². The minimum Gasteiger partial charge on any atom is -0.479 e. The molecule has 0 aromatic heterocycles. The van der Waals surface area contributed by atoms with Crippen molar-refractivity contribution in [1.29, 1.82) is 0 Å². The summed E-state index contributed by atoms with van der Waals surface area (Å²) in [5.41, 5.74) is 0. The molecule has 0 amide bonds. The van der Waals surface area contributed by atoms with Gasteiger partial charge in [0.25, 0.3) is 0 Å². The van der Waals surface area contributed by atoms with Crippen LogP contribution in [0.2, 0.25) is 0 Å². The molecule has 0 spiro atoms. The average Bonchev–Trinajstić information content (AvgIpc) is 2.12. The highest BCUT2D eigenvalue weighted by molar-refractivity contribution is 5.75. The lowest BCUT2D eigenvalue weighted by Gasteiger charge is -2.21. The number of carbonyl (C=O) groups is 2. The Bertz CT molecular complexity index is 211. The normalized spacial score (nSPS) is 17.0. The Morgan fingerprint density at radius 1 is 0.688 bits per heavy atom. The summed E-state index contributed by atoms with van der Waals surface area (Å²) in [6.07, 6.45) is -9.28. The minimum absolute atomic E-state index is 0. The van der Waals surface area contributed by atoms with E-state index in [0.717, 1.165) is 0 Å². The topological polar surface area (TPSA) is 226 Å². The molecule has 0 unspecified atom stereocenters. The fourth-order valence-corrected chi connectivity index (χ4v) is 0.666. The monoisotopic (exact) mass is 244 g/mol. The summed E-state index contributed by atoms with van der Waals surface area (Å²) in [4.78, 5) is 20.2. The Morgan fingerprint density at radius 3 is 1.00 bits per heavy atom. The van der Waals surface area contributed by atoms with E-state index in [-0.39, 0.29) is 12.3 Å². The van der Waals surface area contributed by atoms with Crippen molar-refractivity contribution in [3.05, 3.63) is 0 Å². The average molecular weight is 244 g/mol.